The van der Waals surface area contributed by atoms with Gasteiger partial charge in [-0.2, -0.15) is 0 Å². The molecule has 6 heteroatoms. The van der Waals surface area contributed by atoms with Gasteiger partial charge >= 0.3 is 0 Å². The Morgan fingerprint density at radius 1 is 0.923 bits per heavy atom. The number of aromatic nitrogens is 1. The number of rotatable bonds is 3. The van der Waals surface area contributed by atoms with Gasteiger partial charge in [0, 0.05) is 36.4 Å². The molecule has 2 aromatic carbocycles. The molecule has 0 aliphatic heterocycles. The molecule has 0 radical (unpaired) electrons. The van der Waals surface area contributed by atoms with Crippen LogP contribution >= 0.6 is 0 Å². The largest absolute Gasteiger partial charge is 0.378 e. The summed E-state index contributed by atoms with van der Waals surface area (Å²) in [4.78, 5) is 31.2. The topological polar surface area (TPSA) is 74.3 Å². The third-order valence-electron chi connectivity index (χ3n) is 4.00. The molecular formula is C20H20N4O2. The van der Waals surface area contributed by atoms with Crippen LogP contribution in [0.5, 0.6) is 0 Å². The van der Waals surface area contributed by atoms with Crippen molar-refractivity contribution in [1.82, 2.24) is 15.8 Å². The van der Waals surface area contributed by atoms with Crippen molar-refractivity contribution in [2.24, 2.45) is 0 Å². The normalized spacial score (nSPS) is 10.4. The highest BCUT2D eigenvalue weighted by Gasteiger charge is 2.13. The second-order valence-electron chi connectivity index (χ2n) is 6.18. The maximum Gasteiger partial charge on any atom is 0.270 e. The van der Waals surface area contributed by atoms with E-state index in [1.54, 1.807) is 24.3 Å². The van der Waals surface area contributed by atoms with E-state index in [-0.39, 0.29) is 11.8 Å². The number of hydrogen-bond donors (Lipinski definition) is 2. The average molecular weight is 348 g/mol. The average Bonchev–Trinajstić information content (AvgIpc) is 2.65. The molecular weight excluding hydrogens is 328 g/mol. The van der Waals surface area contributed by atoms with Gasteiger partial charge in [-0.05, 0) is 37.3 Å². The van der Waals surface area contributed by atoms with Gasteiger partial charge in [0.05, 0.1) is 11.1 Å². The zero-order valence-electron chi connectivity index (χ0n) is 14.9. The number of para-hydroxylation sites is 1. The molecule has 3 aromatic rings. The van der Waals surface area contributed by atoms with Crippen molar-refractivity contribution in [3.8, 4) is 0 Å². The summed E-state index contributed by atoms with van der Waals surface area (Å²) >= 11 is 0. The number of nitrogens with one attached hydrogen (secondary N) is 2. The first kappa shape index (κ1) is 17.4. The second kappa shape index (κ2) is 7.23. The standard InChI is InChI=1S/C20H20N4O2/c1-13-11-17(16-9-4-5-10-18(16)21-13)20(26)23-22-19(25)14-7-6-8-15(12-14)24(2)3/h4-12H,1-3H3,(H,22,25)(H,23,26). The highest BCUT2D eigenvalue weighted by molar-refractivity contribution is 6.07. The molecule has 0 aliphatic carbocycles. The molecule has 1 aromatic heterocycles. The molecule has 1 heterocycles. The Balaban J connectivity index is 1.77. The molecule has 0 bridgehead atoms. The van der Waals surface area contributed by atoms with Gasteiger partial charge in [0.15, 0.2) is 0 Å². The van der Waals surface area contributed by atoms with Gasteiger partial charge in [0.1, 0.15) is 0 Å². The molecule has 3 rings (SSSR count). The molecule has 0 saturated carbocycles. The minimum atomic E-state index is -0.385. The van der Waals surface area contributed by atoms with Crippen LogP contribution in [-0.4, -0.2) is 30.9 Å². The Labute approximate surface area is 151 Å². The SMILES string of the molecule is Cc1cc(C(=O)NNC(=O)c2cccc(N(C)C)c2)c2ccccc2n1. The van der Waals surface area contributed by atoms with E-state index in [0.717, 1.165) is 22.3 Å². The maximum atomic E-state index is 12.6. The molecule has 2 N–H and O–H groups in total. The summed E-state index contributed by atoms with van der Waals surface area (Å²) in [6, 6.07) is 16.3. The van der Waals surface area contributed by atoms with Gasteiger partial charge in [-0.25, -0.2) is 0 Å². The maximum absolute atomic E-state index is 12.6. The van der Waals surface area contributed by atoms with Crippen molar-refractivity contribution in [3.05, 3.63) is 71.4 Å². The smallest absolute Gasteiger partial charge is 0.270 e. The minimum absolute atomic E-state index is 0.378. The van der Waals surface area contributed by atoms with Crippen molar-refractivity contribution < 1.29 is 9.59 Å². The quantitative estimate of drug-likeness (QED) is 0.714. The number of hydrazine groups is 1. The lowest BCUT2D eigenvalue weighted by atomic mass is 10.1. The zero-order chi connectivity index (χ0) is 18.7. The molecule has 0 fully saturated rings. The van der Waals surface area contributed by atoms with E-state index in [9.17, 15) is 9.59 Å². The predicted molar refractivity (Wildman–Crippen MR) is 102 cm³/mol. The Morgan fingerprint density at radius 3 is 2.42 bits per heavy atom. The molecule has 132 valence electrons. The van der Waals surface area contributed by atoms with Crippen LogP contribution in [0.3, 0.4) is 0 Å². The van der Waals surface area contributed by atoms with Crippen LogP contribution in [0.25, 0.3) is 10.9 Å². The summed E-state index contributed by atoms with van der Waals surface area (Å²) in [5.74, 6) is -0.763. The van der Waals surface area contributed by atoms with E-state index in [2.05, 4.69) is 15.8 Å². The molecule has 0 saturated heterocycles. The predicted octanol–water partition coefficient (Wildman–Crippen LogP) is 2.68. The summed E-state index contributed by atoms with van der Waals surface area (Å²) in [6.45, 7) is 1.83. The van der Waals surface area contributed by atoms with Gasteiger partial charge in [-0.15, -0.1) is 0 Å². The van der Waals surface area contributed by atoms with E-state index < -0.39 is 0 Å². The monoisotopic (exact) mass is 348 g/mol. The second-order valence-corrected chi connectivity index (χ2v) is 6.18. The molecule has 0 atom stereocenters. The van der Waals surface area contributed by atoms with Gasteiger partial charge in [0.25, 0.3) is 11.8 Å². The van der Waals surface area contributed by atoms with Crippen molar-refractivity contribution in [3.63, 3.8) is 0 Å². The van der Waals surface area contributed by atoms with E-state index >= 15 is 0 Å². The molecule has 26 heavy (non-hydrogen) atoms. The highest BCUT2D eigenvalue weighted by atomic mass is 16.2. The van der Waals surface area contributed by atoms with Crippen molar-refractivity contribution in [2.75, 3.05) is 19.0 Å². The number of fused-ring (bicyclic) bond motifs is 1. The van der Waals surface area contributed by atoms with E-state index in [0.29, 0.717) is 11.1 Å². The Hall–Kier alpha value is -3.41. The number of carbonyl (C=O) groups excluding carboxylic acids is 2. The van der Waals surface area contributed by atoms with Crippen molar-refractivity contribution in [1.29, 1.82) is 0 Å². The molecule has 0 unspecified atom stereocenters. The van der Waals surface area contributed by atoms with E-state index in [4.69, 9.17) is 0 Å². The first-order chi connectivity index (χ1) is 12.5. The number of amides is 2. The first-order valence-electron chi connectivity index (χ1n) is 8.20. The number of carbonyl (C=O) groups is 2. The highest BCUT2D eigenvalue weighted by Crippen LogP contribution is 2.18. The fraction of sp³-hybridized carbons (Fsp3) is 0.150. The molecule has 0 spiro atoms. The third-order valence-corrected chi connectivity index (χ3v) is 4.00. The van der Waals surface area contributed by atoms with Gasteiger partial charge in [-0.3, -0.25) is 25.4 Å². The van der Waals surface area contributed by atoms with E-state index in [1.165, 1.54) is 0 Å². The van der Waals surface area contributed by atoms with Crippen LogP contribution in [-0.2, 0) is 0 Å². The summed E-state index contributed by atoms with van der Waals surface area (Å²) in [5, 5.41) is 0.736. The Morgan fingerprint density at radius 2 is 1.65 bits per heavy atom. The lowest BCUT2D eigenvalue weighted by Gasteiger charge is -2.14. The van der Waals surface area contributed by atoms with Crippen LogP contribution in [0.2, 0.25) is 0 Å². The lowest BCUT2D eigenvalue weighted by molar-refractivity contribution is 0.0847. The lowest BCUT2D eigenvalue weighted by Crippen LogP contribution is -2.41. The number of pyridine rings is 1. The number of aryl methyl sites for hydroxylation is 1. The van der Waals surface area contributed by atoms with Gasteiger partial charge < -0.3 is 4.90 Å². The fourth-order valence-electron chi connectivity index (χ4n) is 2.67. The Bertz CT molecular complexity index is 982. The Kier molecular flexibility index (Phi) is 4.84. The van der Waals surface area contributed by atoms with Crippen molar-refractivity contribution in [2.45, 2.75) is 6.92 Å². The van der Waals surface area contributed by atoms with Gasteiger partial charge in [-0.1, -0.05) is 24.3 Å². The number of hydrogen-bond acceptors (Lipinski definition) is 4. The summed E-state index contributed by atoms with van der Waals surface area (Å²) in [6.07, 6.45) is 0. The van der Waals surface area contributed by atoms with Crippen LogP contribution in [0.4, 0.5) is 5.69 Å². The van der Waals surface area contributed by atoms with E-state index in [1.807, 2.05) is 56.3 Å². The number of anilines is 1. The zero-order valence-corrected chi connectivity index (χ0v) is 14.9. The van der Waals surface area contributed by atoms with Crippen LogP contribution in [0.1, 0.15) is 26.4 Å². The third kappa shape index (κ3) is 3.64. The molecule has 2 amide bonds. The van der Waals surface area contributed by atoms with Crippen molar-refractivity contribution >= 4 is 28.4 Å². The van der Waals surface area contributed by atoms with Gasteiger partial charge in [0.2, 0.25) is 0 Å². The summed E-state index contributed by atoms with van der Waals surface area (Å²) in [7, 11) is 3.80. The number of nitrogens with zero attached hydrogens (tertiary/aromatic N) is 2. The number of benzene rings is 2. The fourth-order valence-corrected chi connectivity index (χ4v) is 2.67. The summed E-state index contributed by atoms with van der Waals surface area (Å²) in [5.41, 5.74) is 8.26. The van der Waals surface area contributed by atoms with Crippen LogP contribution in [0.15, 0.2) is 54.6 Å². The van der Waals surface area contributed by atoms with Crippen LogP contribution < -0.4 is 15.8 Å². The summed E-state index contributed by atoms with van der Waals surface area (Å²) < 4.78 is 0. The molecule has 6 nitrogen and oxygen atoms in total. The molecule has 0 aliphatic rings. The van der Waals surface area contributed by atoms with Crippen LogP contribution in [0, 0.1) is 6.92 Å². The first-order valence-corrected chi connectivity index (χ1v) is 8.20. The minimum Gasteiger partial charge on any atom is -0.378 e.